The van der Waals surface area contributed by atoms with Crippen molar-refractivity contribution in [3.63, 3.8) is 0 Å². The van der Waals surface area contributed by atoms with E-state index in [4.69, 9.17) is 16.1 Å². The third-order valence-electron chi connectivity index (χ3n) is 3.39. The van der Waals surface area contributed by atoms with E-state index in [2.05, 4.69) is 10.5 Å². The minimum atomic E-state index is -0.619. The third-order valence-corrected chi connectivity index (χ3v) is 3.71. The number of carbonyl (C=O) groups excluding carboxylic acids is 1. The van der Waals surface area contributed by atoms with E-state index in [9.17, 15) is 13.6 Å². The molecule has 7 heteroatoms. The summed E-state index contributed by atoms with van der Waals surface area (Å²) in [6.07, 6.45) is 0. The molecule has 1 aromatic heterocycles. The van der Waals surface area contributed by atoms with Crippen molar-refractivity contribution in [1.82, 2.24) is 5.16 Å². The van der Waals surface area contributed by atoms with Gasteiger partial charge in [0.05, 0.1) is 10.6 Å². The van der Waals surface area contributed by atoms with Gasteiger partial charge in [0.25, 0.3) is 5.91 Å². The average Bonchev–Trinajstić information content (AvgIpc) is 2.91. The van der Waals surface area contributed by atoms with Crippen molar-refractivity contribution >= 4 is 23.2 Å². The zero-order valence-electron chi connectivity index (χ0n) is 12.4. The summed E-state index contributed by atoms with van der Waals surface area (Å²) in [5, 5.41) is 6.46. The van der Waals surface area contributed by atoms with Crippen molar-refractivity contribution in [2.24, 2.45) is 0 Å². The summed E-state index contributed by atoms with van der Waals surface area (Å²) in [5.74, 6) is -1.39. The molecule has 3 aromatic rings. The lowest BCUT2D eigenvalue weighted by Gasteiger charge is -2.07. The van der Waals surface area contributed by atoms with Crippen LogP contribution >= 0.6 is 11.6 Å². The molecule has 0 bridgehead atoms. The number of carbonyl (C=O) groups is 1. The summed E-state index contributed by atoms with van der Waals surface area (Å²) in [6.45, 7) is 1.53. The summed E-state index contributed by atoms with van der Waals surface area (Å²) in [6, 6.07) is 9.40. The largest absolute Gasteiger partial charge is 0.360 e. The molecular weight excluding hydrogens is 338 g/mol. The first-order valence-electron chi connectivity index (χ1n) is 6.95. The van der Waals surface area contributed by atoms with Gasteiger partial charge in [-0.25, -0.2) is 8.78 Å². The summed E-state index contributed by atoms with van der Waals surface area (Å²) < 4.78 is 32.1. The molecule has 0 unspecified atom stereocenters. The van der Waals surface area contributed by atoms with Crippen LogP contribution < -0.4 is 5.32 Å². The second kappa shape index (κ2) is 6.41. The number of aromatic nitrogens is 1. The molecule has 122 valence electrons. The van der Waals surface area contributed by atoms with Gasteiger partial charge in [-0.15, -0.1) is 0 Å². The maximum absolute atomic E-state index is 14.1. The van der Waals surface area contributed by atoms with E-state index >= 15 is 0 Å². The Labute approximate surface area is 141 Å². The number of amides is 1. The highest BCUT2D eigenvalue weighted by Gasteiger charge is 2.25. The predicted molar refractivity (Wildman–Crippen MR) is 86.0 cm³/mol. The van der Waals surface area contributed by atoms with Crippen molar-refractivity contribution in [2.45, 2.75) is 6.92 Å². The molecule has 0 aliphatic carbocycles. The smallest absolute Gasteiger partial charge is 0.261 e. The maximum atomic E-state index is 14.1. The molecule has 0 fully saturated rings. The molecule has 4 nitrogen and oxygen atoms in total. The number of nitrogens with one attached hydrogen (secondary N) is 1. The number of halogens is 3. The fraction of sp³-hybridized carbons (Fsp3) is 0.0588. The monoisotopic (exact) mass is 348 g/mol. The number of rotatable bonds is 3. The van der Waals surface area contributed by atoms with Crippen LogP contribution in [0.4, 0.5) is 14.5 Å². The minimum absolute atomic E-state index is 0.00946. The van der Waals surface area contributed by atoms with Crippen molar-refractivity contribution in [2.75, 3.05) is 5.32 Å². The van der Waals surface area contributed by atoms with Crippen LogP contribution in [-0.4, -0.2) is 11.1 Å². The lowest BCUT2D eigenvalue weighted by atomic mass is 10.0. The highest BCUT2D eigenvalue weighted by Crippen LogP contribution is 2.33. The molecule has 0 spiro atoms. The SMILES string of the molecule is Cc1onc(-c2c(F)cccc2Cl)c1C(=O)Nc1ccc(F)cc1. The van der Waals surface area contributed by atoms with Gasteiger partial charge in [-0.3, -0.25) is 4.79 Å². The quantitative estimate of drug-likeness (QED) is 0.737. The Hall–Kier alpha value is -2.73. The highest BCUT2D eigenvalue weighted by molar-refractivity contribution is 6.33. The second-order valence-corrected chi connectivity index (χ2v) is 5.43. The summed E-state index contributed by atoms with van der Waals surface area (Å²) in [4.78, 5) is 12.5. The number of hydrogen-bond acceptors (Lipinski definition) is 3. The van der Waals surface area contributed by atoms with Crippen LogP contribution in [0.2, 0.25) is 5.02 Å². The fourth-order valence-corrected chi connectivity index (χ4v) is 2.51. The van der Waals surface area contributed by atoms with Gasteiger partial charge in [0, 0.05) is 5.69 Å². The maximum Gasteiger partial charge on any atom is 0.261 e. The minimum Gasteiger partial charge on any atom is -0.360 e. The summed E-state index contributed by atoms with van der Waals surface area (Å²) in [7, 11) is 0. The Balaban J connectivity index is 2.01. The van der Waals surface area contributed by atoms with Gasteiger partial charge in [0.15, 0.2) is 0 Å². The summed E-state index contributed by atoms with van der Waals surface area (Å²) >= 11 is 6.03. The molecule has 3 rings (SSSR count). The Morgan fingerprint density at radius 2 is 1.88 bits per heavy atom. The molecule has 1 heterocycles. The van der Waals surface area contributed by atoms with E-state index in [-0.39, 0.29) is 27.6 Å². The molecule has 0 saturated carbocycles. The van der Waals surface area contributed by atoms with E-state index < -0.39 is 17.5 Å². The Morgan fingerprint density at radius 1 is 1.17 bits per heavy atom. The van der Waals surface area contributed by atoms with Crippen LogP contribution in [0.3, 0.4) is 0 Å². The Morgan fingerprint density at radius 3 is 2.54 bits per heavy atom. The number of anilines is 1. The van der Waals surface area contributed by atoms with Crippen LogP contribution in [0.1, 0.15) is 16.1 Å². The average molecular weight is 349 g/mol. The van der Waals surface area contributed by atoms with Crippen molar-refractivity contribution in [3.05, 3.63) is 70.4 Å². The topological polar surface area (TPSA) is 55.1 Å². The zero-order valence-corrected chi connectivity index (χ0v) is 13.2. The molecule has 0 aliphatic heterocycles. The van der Waals surface area contributed by atoms with Gasteiger partial charge in [-0.1, -0.05) is 22.8 Å². The second-order valence-electron chi connectivity index (χ2n) is 5.02. The van der Waals surface area contributed by atoms with Gasteiger partial charge >= 0.3 is 0 Å². The molecule has 1 amide bonds. The normalized spacial score (nSPS) is 10.7. The molecule has 0 aliphatic rings. The van der Waals surface area contributed by atoms with Crippen LogP contribution in [0, 0.1) is 18.6 Å². The first kappa shape index (κ1) is 16.1. The van der Waals surface area contributed by atoms with Crippen molar-refractivity contribution in [1.29, 1.82) is 0 Å². The third kappa shape index (κ3) is 3.00. The van der Waals surface area contributed by atoms with Gasteiger partial charge in [-0.05, 0) is 43.3 Å². The molecule has 0 atom stereocenters. The van der Waals surface area contributed by atoms with Crippen LogP contribution in [0.5, 0.6) is 0 Å². The van der Waals surface area contributed by atoms with Crippen LogP contribution in [0.25, 0.3) is 11.3 Å². The van der Waals surface area contributed by atoms with Gasteiger partial charge in [0.2, 0.25) is 0 Å². The number of benzene rings is 2. The van der Waals surface area contributed by atoms with Crippen LogP contribution in [0.15, 0.2) is 47.0 Å². The highest BCUT2D eigenvalue weighted by atomic mass is 35.5. The fourth-order valence-electron chi connectivity index (χ4n) is 2.26. The molecule has 1 N–H and O–H groups in total. The predicted octanol–water partition coefficient (Wildman–Crippen LogP) is 4.83. The first-order valence-corrected chi connectivity index (χ1v) is 7.32. The van der Waals surface area contributed by atoms with Gasteiger partial charge < -0.3 is 9.84 Å². The first-order chi connectivity index (χ1) is 11.5. The van der Waals surface area contributed by atoms with E-state index in [0.29, 0.717) is 5.69 Å². The van der Waals surface area contributed by atoms with E-state index in [1.807, 2.05) is 0 Å². The van der Waals surface area contributed by atoms with Crippen molar-refractivity contribution < 1.29 is 18.1 Å². The van der Waals surface area contributed by atoms with Crippen molar-refractivity contribution in [3.8, 4) is 11.3 Å². The number of aryl methyl sites for hydroxylation is 1. The van der Waals surface area contributed by atoms with E-state index in [0.717, 1.165) is 0 Å². The molecule has 0 radical (unpaired) electrons. The van der Waals surface area contributed by atoms with Gasteiger partial charge in [-0.2, -0.15) is 0 Å². The van der Waals surface area contributed by atoms with E-state index in [1.54, 1.807) is 0 Å². The lowest BCUT2D eigenvalue weighted by Crippen LogP contribution is -2.13. The zero-order chi connectivity index (χ0) is 17.3. The Kier molecular flexibility index (Phi) is 4.31. The van der Waals surface area contributed by atoms with Crippen LogP contribution in [-0.2, 0) is 0 Å². The summed E-state index contributed by atoms with van der Waals surface area (Å²) in [5.41, 5.74) is 0.439. The molecular formula is C17H11ClF2N2O2. The number of nitrogens with zero attached hydrogens (tertiary/aromatic N) is 1. The molecule has 0 saturated heterocycles. The molecule has 2 aromatic carbocycles. The lowest BCUT2D eigenvalue weighted by molar-refractivity contribution is 0.102. The number of hydrogen-bond donors (Lipinski definition) is 1. The van der Waals surface area contributed by atoms with Gasteiger partial charge in [0.1, 0.15) is 28.7 Å². The standard InChI is InChI=1S/C17H11ClF2N2O2/c1-9-14(17(23)21-11-7-5-10(19)6-8-11)16(22-24-9)15-12(18)3-2-4-13(15)20/h2-8H,1H3,(H,21,23). The van der Waals surface area contributed by atoms with E-state index in [1.165, 1.54) is 49.4 Å². The molecule has 24 heavy (non-hydrogen) atoms. The Bertz CT molecular complexity index is 887.